The Morgan fingerprint density at radius 2 is 1.55 bits per heavy atom. The third kappa shape index (κ3) is 2.73. The molecule has 0 aliphatic carbocycles. The van der Waals surface area contributed by atoms with Crippen molar-refractivity contribution < 1.29 is 0 Å². The van der Waals surface area contributed by atoms with Crippen LogP contribution >= 0.6 is 12.2 Å². The lowest BCUT2D eigenvalue weighted by Crippen LogP contribution is -2.32. The molecule has 2 aromatic carbocycles. The Kier molecular flexibility index (Phi) is 3.79. The van der Waals surface area contributed by atoms with Crippen molar-refractivity contribution in [3.8, 4) is 11.1 Å². The van der Waals surface area contributed by atoms with Gasteiger partial charge in [-0.15, -0.1) is 0 Å². The summed E-state index contributed by atoms with van der Waals surface area (Å²) in [6, 6.07) is 18.6. The van der Waals surface area contributed by atoms with Gasteiger partial charge < -0.3 is 10.2 Å². The van der Waals surface area contributed by atoms with E-state index in [1.54, 1.807) is 0 Å². The molecule has 100 valence electrons. The van der Waals surface area contributed by atoms with Crippen LogP contribution in [0, 0.1) is 0 Å². The highest BCUT2D eigenvalue weighted by atomic mass is 32.1. The van der Waals surface area contributed by atoms with E-state index in [4.69, 9.17) is 12.2 Å². The van der Waals surface area contributed by atoms with E-state index in [1.807, 2.05) is 18.2 Å². The first kappa shape index (κ1) is 12.9. The Balaban J connectivity index is 1.85. The van der Waals surface area contributed by atoms with Crippen LogP contribution in [0.5, 0.6) is 0 Å². The molecule has 0 fully saturated rings. The molecule has 0 unspecified atom stereocenters. The lowest BCUT2D eigenvalue weighted by Gasteiger charge is -2.21. The highest BCUT2D eigenvalue weighted by Crippen LogP contribution is 2.27. The average Bonchev–Trinajstić information content (AvgIpc) is 3.03. The molecule has 1 aliphatic heterocycles. The number of hydrogen-bond donors (Lipinski definition) is 1. The number of anilines is 1. The zero-order valence-electron chi connectivity index (χ0n) is 11.1. The van der Waals surface area contributed by atoms with Gasteiger partial charge in [-0.3, -0.25) is 0 Å². The van der Waals surface area contributed by atoms with Crippen LogP contribution < -0.4 is 5.32 Å². The van der Waals surface area contributed by atoms with Gasteiger partial charge >= 0.3 is 0 Å². The molecule has 0 spiro atoms. The molecule has 0 radical (unpaired) electrons. The Morgan fingerprint density at radius 3 is 2.30 bits per heavy atom. The van der Waals surface area contributed by atoms with Crippen molar-refractivity contribution in [3.63, 3.8) is 0 Å². The van der Waals surface area contributed by atoms with Crippen molar-refractivity contribution in [3.05, 3.63) is 66.7 Å². The van der Waals surface area contributed by atoms with Crippen LogP contribution in [0.15, 0.2) is 66.7 Å². The molecule has 3 rings (SSSR count). The summed E-state index contributed by atoms with van der Waals surface area (Å²) in [7, 11) is 0. The lowest BCUT2D eigenvalue weighted by atomic mass is 10.0. The van der Waals surface area contributed by atoms with E-state index in [2.05, 4.69) is 58.8 Å². The molecule has 2 aromatic rings. The van der Waals surface area contributed by atoms with Crippen molar-refractivity contribution in [1.82, 2.24) is 4.90 Å². The summed E-state index contributed by atoms with van der Waals surface area (Å²) in [5.41, 5.74) is 3.41. The fourth-order valence-electron chi connectivity index (χ4n) is 2.30. The first-order valence-electron chi connectivity index (χ1n) is 6.70. The minimum Gasteiger partial charge on any atom is -0.342 e. The van der Waals surface area contributed by atoms with Gasteiger partial charge in [0.15, 0.2) is 5.11 Å². The van der Waals surface area contributed by atoms with Crippen molar-refractivity contribution >= 4 is 23.0 Å². The molecule has 0 aromatic heterocycles. The predicted molar refractivity (Wildman–Crippen MR) is 88.8 cm³/mol. The van der Waals surface area contributed by atoms with Gasteiger partial charge in [-0.1, -0.05) is 60.7 Å². The number of hydrogen-bond acceptors (Lipinski definition) is 1. The molecule has 20 heavy (non-hydrogen) atoms. The second-order valence-corrected chi connectivity index (χ2v) is 5.10. The summed E-state index contributed by atoms with van der Waals surface area (Å²) in [5, 5.41) is 4.14. The summed E-state index contributed by atoms with van der Waals surface area (Å²) in [5.74, 6) is 0. The molecule has 1 heterocycles. The molecule has 0 amide bonds. The average molecular weight is 280 g/mol. The fraction of sp³-hybridized carbons (Fsp3) is 0.118. The molecule has 0 atom stereocenters. The topological polar surface area (TPSA) is 15.3 Å². The van der Waals surface area contributed by atoms with E-state index in [0.29, 0.717) is 0 Å². The monoisotopic (exact) mass is 280 g/mol. The molecule has 0 saturated heterocycles. The van der Waals surface area contributed by atoms with Gasteiger partial charge in [-0.05, 0) is 23.8 Å². The SMILES string of the molecule is S=C(Nc1ccccc1-c1ccccc1)N1CC=CC1. The summed E-state index contributed by atoms with van der Waals surface area (Å²) >= 11 is 5.48. The molecular formula is C17H16N2S. The second kappa shape index (κ2) is 5.88. The smallest absolute Gasteiger partial charge is 0.174 e. The summed E-state index contributed by atoms with van der Waals surface area (Å²) in [4.78, 5) is 2.14. The fourth-order valence-corrected chi connectivity index (χ4v) is 2.56. The molecule has 0 saturated carbocycles. The van der Waals surface area contributed by atoms with Crippen LogP contribution in [-0.2, 0) is 0 Å². The zero-order chi connectivity index (χ0) is 13.8. The number of nitrogens with zero attached hydrogens (tertiary/aromatic N) is 1. The van der Waals surface area contributed by atoms with E-state index < -0.39 is 0 Å². The van der Waals surface area contributed by atoms with Crippen LogP contribution in [0.3, 0.4) is 0 Å². The Morgan fingerprint density at radius 1 is 0.900 bits per heavy atom. The highest BCUT2D eigenvalue weighted by molar-refractivity contribution is 7.80. The third-order valence-corrected chi connectivity index (χ3v) is 3.72. The van der Waals surface area contributed by atoms with Crippen molar-refractivity contribution in [2.24, 2.45) is 0 Å². The first-order chi connectivity index (χ1) is 9.84. The normalized spacial score (nSPS) is 13.5. The number of nitrogens with one attached hydrogen (secondary N) is 1. The van der Waals surface area contributed by atoms with E-state index in [9.17, 15) is 0 Å². The lowest BCUT2D eigenvalue weighted by molar-refractivity contribution is 0.549. The molecule has 0 bridgehead atoms. The summed E-state index contributed by atoms with van der Waals surface area (Å²) in [6.45, 7) is 1.78. The van der Waals surface area contributed by atoms with Crippen LogP contribution in [0.1, 0.15) is 0 Å². The van der Waals surface area contributed by atoms with Crippen LogP contribution in [0.4, 0.5) is 5.69 Å². The molecular weight excluding hydrogens is 264 g/mol. The second-order valence-electron chi connectivity index (χ2n) is 4.72. The van der Waals surface area contributed by atoms with Crippen LogP contribution in [-0.4, -0.2) is 23.1 Å². The van der Waals surface area contributed by atoms with E-state index in [-0.39, 0.29) is 0 Å². The standard InChI is InChI=1S/C17H16N2S/c20-17(19-12-6-7-13-19)18-16-11-5-4-10-15(16)14-8-2-1-3-9-14/h1-11H,12-13H2,(H,18,20). The minimum absolute atomic E-state index is 0.776. The van der Waals surface area contributed by atoms with E-state index >= 15 is 0 Å². The Labute approximate surface area is 124 Å². The largest absolute Gasteiger partial charge is 0.342 e. The summed E-state index contributed by atoms with van der Waals surface area (Å²) < 4.78 is 0. The highest BCUT2D eigenvalue weighted by Gasteiger charge is 2.12. The zero-order valence-corrected chi connectivity index (χ0v) is 11.9. The maximum atomic E-state index is 5.48. The van der Waals surface area contributed by atoms with E-state index in [1.165, 1.54) is 11.1 Å². The van der Waals surface area contributed by atoms with Crippen LogP contribution in [0.25, 0.3) is 11.1 Å². The molecule has 2 nitrogen and oxygen atoms in total. The van der Waals surface area contributed by atoms with Gasteiger partial charge in [-0.25, -0.2) is 0 Å². The van der Waals surface area contributed by atoms with Gasteiger partial charge in [-0.2, -0.15) is 0 Å². The maximum Gasteiger partial charge on any atom is 0.174 e. The van der Waals surface area contributed by atoms with Crippen molar-refractivity contribution in [2.45, 2.75) is 0 Å². The van der Waals surface area contributed by atoms with Gasteiger partial charge in [0.25, 0.3) is 0 Å². The predicted octanol–water partition coefficient (Wildman–Crippen LogP) is 3.92. The Hall–Kier alpha value is -2.13. The summed E-state index contributed by atoms with van der Waals surface area (Å²) in [6.07, 6.45) is 4.27. The first-order valence-corrected chi connectivity index (χ1v) is 7.11. The maximum absolute atomic E-state index is 5.48. The number of benzene rings is 2. The van der Waals surface area contributed by atoms with Gasteiger partial charge in [0.2, 0.25) is 0 Å². The van der Waals surface area contributed by atoms with Gasteiger partial charge in [0, 0.05) is 24.3 Å². The van der Waals surface area contributed by atoms with E-state index in [0.717, 1.165) is 23.9 Å². The minimum atomic E-state index is 0.776. The number of para-hydroxylation sites is 1. The van der Waals surface area contributed by atoms with Crippen LogP contribution in [0.2, 0.25) is 0 Å². The molecule has 1 aliphatic rings. The molecule has 1 N–H and O–H groups in total. The number of thiocarbonyl (C=S) groups is 1. The van der Waals surface area contributed by atoms with Crippen molar-refractivity contribution in [1.29, 1.82) is 0 Å². The van der Waals surface area contributed by atoms with Gasteiger partial charge in [0.1, 0.15) is 0 Å². The Bertz CT molecular complexity index is 626. The number of rotatable bonds is 2. The third-order valence-electron chi connectivity index (χ3n) is 3.36. The quantitative estimate of drug-likeness (QED) is 0.663. The molecule has 3 heteroatoms. The van der Waals surface area contributed by atoms with Crippen molar-refractivity contribution in [2.75, 3.05) is 18.4 Å². The van der Waals surface area contributed by atoms with Gasteiger partial charge in [0.05, 0.1) is 0 Å².